The van der Waals surface area contributed by atoms with E-state index in [-0.39, 0.29) is 0 Å². The highest BCUT2D eigenvalue weighted by Gasteiger charge is 2.03. The van der Waals surface area contributed by atoms with Crippen molar-refractivity contribution in [2.75, 3.05) is 19.8 Å². The summed E-state index contributed by atoms with van der Waals surface area (Å²) < 4.78 is 5.32. The van der Waals surface area contributed by atoms with E-state index < -0.39 is 0 Å². The molecule has 0 spiro atoms. The molecule has 2 heteroatoms. The molecule has 1 atom stereocenters. The van der Waals surface area contributed by atoms with E-state index in [1.54, 1.807) is 0 Å². The van der Waals surface area contributed by atoms with Gasteiger partial charge in [0.25, 0.3) is 0 Å². The second-order valence-corrected chi connectivity index (χ2v) is 2.64. The van der Waals surface area contributed by atoms with Crippen molar-refractivity contribution < 1.29 is 4.74 Å². The summed E-state index contributed by atoms with van der Waals surface area (Å²) in [5.74, 6) is 0. The van der Waals surface area contributed by atoms with Crippen molar-refractivity contribution in [1.82, 2.24) is 5.32 Å². The summed E-state index contributed by atoms with van der Waals surface area (Å²) in [6.45, 7) is 5.14. The van der Waals surface area contributed by atoms with Crippen LogP contribution in [0.1, 0.15) is 19.8 Å². The van der Waals surface area contributed by atoms with Gasteiger partial charge in [-0.3, -0.25) is 0 Å². The van der Waals surface area contributed by atoms with Crippen LogP contribution in [-0.4, -0.2) is 25.8 Å². The fourth-order valence-corrected chi connectivity index (χ4v) is 0.997. The van der Waals surface area contributed by atoms with Crippen LogP contribution in [0.5, 0.6) is 0 Å². The van der Waals surface area contributed by atoms with Crippen LogP contribution < -0.4 is 5.32 Å². The molecule has 0 aliphatic carbocycles. The van der Waals surface area contributed by atoms with Crippen molar-refractivity contribution in [3.05, 3.63) is 0 Å². The van der Waals surface area contributed by atoms with Crippen molar-refractivity contribution >= 4 is 0 Å². The standard InChI is InChI=1S/C7H15NO/c1-7-6-9-5-3-2-4-8-7/h7-8H,2-6H2,1H3/t7-/m0/s1. The van der Waals surface area contributed by atoms with Crippen molar-refractivity contribution in [2.45, 2.75) is 25.8 Å². The van der Waals surface area contributed by atoms with Crippen LogP contribution >= 0.6 is 0 Å². The molecule has 1 rings (SSSR count). The second-order valence-electron chi connectivity index (χ2n) is 2.64. The maximum atomic E-state index is 5.32. The summed E-state index contributed by atoms with van der Waals surface area (Å²) in [6, 6.07) is 0.547. The largest absolute Gasteiger partial charge is 0.380 e. The monoisotopic (exact) mass is 129 g/mol. The molecule has 1 N–H and O–H groups in total. The van der Waals surface area contributed by atoms with Crippen LogP contribution in [0.2, 0.25) is 0 Å². The van der Waals surface area contributed by atoms with Crippen molar-refractivity contribution in [3.8, 4) is 0 Å². The Morgan fingerprint density at radius 3 is 3.22 bits per heavy atom. The number of hydrogen-bond acceptors (Lipinski definition) is 2. The molecular formula is C7H15NO. The predicted octanol–water partition coefficient (Wildman–Crippen LogP) is 0.775. The summed E-state index contributed by atoms with van der Waals surface area (Å²) >= 11 is 0. The van der Waals surface area contributed by atoms with Gasteiger partial charge < -0.3 is 10.1 Å². The molecule has 0 bridgehead atoms. The van der Waals surface area contributed by atoms with E-state index in [9.17, 15) is 0 Å². The molecule has 0 saturated carbocycles. The smallest absolute Gasteiger partial charge is 0.0616 e. The molecule has 54 valence electrons. The molecule has 2 nitrogen and oxygen atoms in total. The lowest BCUT2D eigenvalue weighted by Crippen LogP contribution is -2.33. The lowest BCUT2D eigenvalue weighted by molar-refractivity contribution is 0.102. The summed E-state index contributed by atoms with van der Waals surface area (Å²) in [7, 11) is 0. The van der Waals surface area contributed by atoms with Crippen LogP contribution in [0.4, 0.5) is 0 Å². The number of rotatable bonds is 0. The molecule has 0 amide bonds. The highest BCUT2D eigenvalue weighted by molar-refractivity contribution is 4.61. The van der Waals surface area contributed by atoms with Crippen LogP contribution in [0.25, 0.3) is 0 Å². The maximum Gasteiger partial charge on any atom is 0.0616 e. The van der Waals surface area contributed by atoms with Gasteiger partial charge in [0.1, 0.15) is 0 Å². The fraction of sp³-hybridized carbons (Fsp3) is 1.00. The molecule has 1 aliphatic heterocycles. The van der Waals surface area contributed by atoms with Gasteiger partial charge in [0.05, 0.1) is 6.61 Å². The molecule has 1 heterocycles. The van der Waals surface area contributed by atoms with Crippen molar-refractivity contribution in [2.24, 2.45) is 0 Å². The van der Waals surface area contributed by atoms with Crippen molar-refractivity contribution in [1.29, 1.82) is 0 Å². The van der Waals surface area contributed by atoms with Gasteiger partial charge in [-0.15, -0.1) is 0 Å². The SMILES string of the molecule is C[C@H]1COCCCCN1. The lowest BCUT2D eigenvalue weighted by atomic mass is 10.2. The predicted molar refractivity (Wildman–Crippen MR) is 37.5 cm³/mol. The summed E-state index contributed by atoms with van der Waals surface area (Å²) in [5.41, 5.74) is 0. The van der Waals surface area contributed by atoms with E-state index in [2.05, 4.69) is 12.2 Å². The maximum absolute atomic E-state index is 5.32. The van der Waals surface area contributed by atoms with E-state index in [1.807, 2.05) is 0 Å². The summed E-state index contributed by atoms with van der Waals surface area (Å²) in [4.78, 5) is 0. The van der Waals surface area contributed by atoms with Gasteiger partial charge in [-0.1, -0.05) is 0 Å². The number of ether oxygens (including phenoxy) is 1. The zero-order valence-electron chi connectivity index (χ0n) is 6.02. The Hall–Kier alpha value is -0.0800. The first-order valence-corrected chi connectivity index (χ1v) is 3.71. The molecule has 1 saturated heterocycles. The van der Waals surface area contributed by atoms with Gasteiger partial charge >= 0.3 is 0 Å². The number of nitrogens with one attached hydrogen (secondary N) is 1. The second kappa shape index (κ2) is 3.85. The summed E-state index contributed by atoms with van der Waals surface area (Å²) in [6.07, 6.45) is 2.46. The zero-order chi connectivity index (χ0) is 6.53. The van der Waals surface area contributed by atoms with Gasteiger partial charge in [-0.05, 0) is 26.3 Å². The van der Waals surface area contributed by atoms with Gasteiger partial charge in [-0.25, -0.2) is 0 Å². The van der Waals surface area contributed by atoms with Gasteiger partial charge in [0.2, 0.25) is 0 Å². The minimum Gasteiger partial charge on any atom is -0.380 e. The third kappa shape index (κ3) is 2.82. The molecule has 0 radical (unpaired) electrons. The molecule has 0 aromatic rings. The topological polar surface area (TPSA) is 21.3 Å². The third-order valence-corrected chi connectivity index (χ3v) is 1.58. The molecule has 0 aromatic carbocycles. The third-order valence-electron chi connectivity index (χ3n) is 1.58. The molecule has 0 aromatic heterocycles. The Labute approximate surface area is 56.6 Å². The first kappa shape index (κ1) is 7.03. The number of hydrogen-bond donors (Lipinski definition) is 1. The summed E-state index contributed by atoms with van der Waals surface area (Å²) in [5, 5.41) is 3.36. The normalized spacial score (nSPS) is 31.0. The van der Waals surface area contributed by atoms with Crippen molar-refractivity contribution in [3.63, 3.8) is 0 Å². The zero-order valence-corrected chi connectivity index (χ0v) is 6.02. The Bertz CT molecular complexity index is 67.3. The first-order valence-electron chi connectivity index (χ1n) is 3.71. The van der Waals surface area contributed by atoms with Gasteiger partial charge in [-0.2, -0.15) is 0 Å². The van der Waals surface area contributed by atoms with Gasteiger partial charge in [0.15, 0.2) is 0 Å². The van der Waals surface area contributed by atoms with E-state index >= 15 is 0 Å². The minimum atomic E-state index is 0.547. The minimum absolute atomic E-state index is 0.547. The van der Waals surface area contributed by atoms with E-state index in [4.69, 9.17) is 4.74 Å². The quantitative estimate of drug-likeness (QED) is 0.521. The van der Waals surface area contributed by atoms with Crippen LogP contribution in [0, 0.1) is 0 Å². The van der Waals surface area contributed by atoms with E-state index in [0.717, 1.165) is 19.8 Å². The Kier molecular flexibility index (Phi) is 3.01. The molecule has 1 aliphatic rings. The average Bonchev–Trinajstić information content (AvgIpc) is 1.79. The molecule has 1 fully saturated rings. The highest BCUT2D eigenvalue weighted by Crippen LogP contribution is 1.95. The van der Waals surface area contributed by atoms with Crippen LogP contribution in [0.15, 0.2) is 0 Å². The molecule has 0 unspecified atom stereocenters. The van der Waals surface area contributed by atoms with Crippen LogP contribution in [-0.2, 0) is 4.74 Å². The molecule has 9 heavy (non-hydrogen) atoms. The Balaban J connectivity index is 2.12. The lowest BCUT2D eigenvalue weighted by Gasteiger charge is -2.17. The highest BCUT2D eigenvalue weighted by atomic mass is 16.5. The van der Waals surface area contributed by atoms with Crippen LogP contribution in [0.3, 0.4) is 0 Å². The van der Waals surface area contributed by atoms with Gasteiger partial charge in [0, 0.05) is 12.6 Å². The average molecular weight is 129 g/mol. The molecular weight excluding hydrogens is 114 g/mol. The Morgan fingerprint density at radius 1 is 1.44 bits per heavy atom. The fourth-order valence-electron chi connectivity index (χ4n) is 0.997. The van der Waals surface area contributed by atoms with E-state index in [0.29, 0.717) is 6.04 Å². The van der Waals surface area contributed by atoms with E-state index in [1.165, 1.54) is 12.8 Å². The Morgan fingerprint density at radius 2 is 2.33 bits per heavy atom. The first-order chi connectivity index (χ1) is 4.39.